The van der Waals surface area contributed by atoms with E-state index in [9.17, 15) is 24.3 Å². The van der Waals surface area contributed by atoms with Gasteiger partial charge in [-0.2, -0.15) is 0 Å². The number of rotatable bonds is 11. The molecule has 0 radical (unpaired) electrons. The van der Waals surface area contributed by atoms with Gasteiger partial charge in [0, 0.05) is 19.0 Å². The number of amides is 4. The highest BCUT2D eigenvalue weighted by atomic mass is 16.6. The molecule has 2 aromatic carbocycles. The lowest BCUT2D eigenvalue weighted by Gasteiger charge is -2.19. The fraction of sp³-hybridized carbons (Fsp3) is 0.429. The van der Waals surface area contributed by atoms with Crippen molar-refractivity contribution < 1.29 is 33.8 Å². The largest absolute Gasteiger partial charge is 0.480 e. The van der Waals surface area contributed by atoms with Crippen molar-refractivity contribution in [2.75, 3.05) is 26.2 Å². The van der Waals surface area contributed by atoms with Gasteiger partial charge in [-0.25, -0.2) is 19.2 Å². The van der Waals surface area contributed by atoms with Crippen LogP contribution in [0.3, 0.4) is 0 Å². The summed E-state index contributed by atoms with van der Waals surface area (Å²) >= 11 is 0. The molecule has 0 saturated heterocycles. The van der Waals surface area contributed by atoms with Crippen LogP contribution in [0.5, 0.6) is 0 Å². The summed E-state index contributed by atoms with van der Waals surface area (Å²) in [6, 6.07) is 13.8. The van der Waals surface area contributed by atoms with Gasteiger partial charge in [0.05, 0.1) is 6.54 Å². The predicted molar refractivity (Wildman–Crippen MR) is 145 cm³/mol. The molecular formula is C28H36N4O7. The smallest absolute Gasteiger partial charge is 0.407 e. The predicted octanol–water partition coefficient (Wildman–Crippen LogP) is 3.58. The molecule has 0 fully saturated rings. The quantitative estimate of drug-likeness (QED) is 0.273. The van der Waals surface area contributed by atoms with Crippen molar-refractivity contribution in [3.8, 4) is 11.1 Å². The lowest BCUT2D eigenvalue weighted by atomic mass is 9.98. The summed E-state index contributed by atoms with van der Waals surface area (Å²) in [4.78, 5) is 47.7. The molecule has 0 aliphatic heterocycles. The molecule has 4 amide bonds. The van der Waals surface area contributed by atoms with Crippen LogP contribution in [0.2, 0.25) is 0 Å². The van der Waals surface area contributed by atoms with Crippen LogP contribution in [0.15, 0.2) is 48.5 Å². The fourth-order valence-corrected chi connectivity index (χ4v) is 4.20. The third kappa shape index (κ3) is 8.91. The van der Waals surface area contributed by atoms with Crippen molar-refractivity contribution in [2.24, 2.45) is 0 Å². The molecule has 1 aliphatic carbocycles. The number of benzene rings is 2. The standard InChI is InChI=1S/C28H36N4O7/c1-28(2,3)39-26(36)30-15-9-8-14-29-25(35)31-16-23(24(33)34)32-27(37)38-17-22-20-12-6-4-10-18(20)19-11-5-7-13-21(19)22/h4-7,10-13,22-23H,8-9,14-17H2,1-3H3,(H,30,36)(H,32,37)(H,33,34)(H2,29,31,35). The van der Waals surface area contributed by atoms with Gasteiger partial charge < -0.3 is 35.8 Å². The van der Waals surface area contributed by atoms with E-state index in [2.05, 4.69) is 21.3 Å². The normalized spacial score (nSPS) is 12.9. The molecule has 0 spiro atoms. The molecule has 210 valence electrons. The fourth-order valence-electron chi connectivity index (χ4n) is 4.20. The van der Waals surface area contributed by atoms with Gasteiger partial charge in [0.1, 0.15) is 18.2 Å². The third-order valence-corrected chi connectivity index (χ3v) is 5.96. The Kier molecular flexibility index (Phi) is 10.1. The maximum absolute atomic E-state index is 12.4. The van der Waals surface area contributed by atoms with Crippen molar-refractivity contribution in [3.05, 3.63) is 59.7 Å². The highest BCUT2D eigenvalue weighted by molar-refractivity contribution is 5.82. The molecule has 1 atom stereocenters. The average Bonchev–Trinajstić information content (AvgIpc) is 3.19. The van der Waals surface area contributed by atoms with Crippen LogP contribution in [0.1, 0.15) is 50.7 Å². The second kappa shape index (κ2) is 13.5. The van der Waals surface area contributed by atoms with Gasteiger partial charge in [-0.15, -0.1) is 0 Å². The molecule has 39 heavy (non-hydrogen) atoms. The van der Waals surface area contributed by atoms with Gasteiger partial charge in [-0.1, -0.05) is 48.5 Å². The Labute approximate surface area is 227 Å². The first-order valence-corrected chi connectivity index (χ1v) is 12.9. The van der Waals surface area contributed by atoms with Crippen LogP contribution in [0.4, 0.5) is 14.4 Å². The number of hydrogen-bond acceptors (Lipinski definition) is 6. The van der Waals surface area contributed by atoms with Crippen molar-refractivity contribution in [1.82, 2.24) is 21.3 Å². The number of carbonyl (C=O) groups is 4. The lowest BCUT2D eigenvalue weighted by molar-refractivity contribution is -0.139. The Bertz CT molecular complexity index is 1130. The Hall–Kier alpha value is -4.28. The van der Waals surface area contributed by atoms with E-state index in [1.54, 1.807) is 20.8 Å². The van der Waals surface area contributed by atoms with Gasteiger partial charge in [-0.05, 0) is 55.9 Å². The number of fused-ring (bicyclic) bond motifs is 3. The monoisotopic (exact) mass is 540 g/mol. The highest BCUT2D eigenvalue weighted by Gasteiger charge is 2.30. The molecule has 1 unspecified atom stereocenters. The minimum atomic E-state index is -1.37. The van der Waals surface area contributed by atoms with Gasteiger partial charge in [0.15, 0.2) is 0 Å². The van der Waals surface area contributed by atoms with Crippen LogP contribution < -0.4 is 21.3 Å². The van der Waals surface area contributed by atoms with Crippen LogP contribution in [-0.4, -0.2) is 67.2 Å². The number of nitrogens with one attached hydrogen (secondary N) is 4. The van der Waals surface area contributed by atoms with E-state index in [4.69, 9.17) is 9.47 Å². The zero-order chi connectivity index (χ0) is 28.4. The number of carbonyl (C=O) groups excluding carboxylic acids is 3. The van der Waals surface area contributed by atoms with Crippen LogP contribution in [0.25, 0.3) is 11.1 Å². The number of urea groups is 1. The number of unbranched alkanes of at least 4 members (excludes halogenated alkanes) is 1. The maximum Gasteiger partial charge on any atom is 0.407 e. The first kappa shape index (κ1) is 29.3. The minimum Gasteiger partial charge on any atom is -0.480 e. The summed E-state index contributed by atoms with van der Waals surface area (Å²) in [6.07, 6.45) is -0.190. The summed E-state index contributed by atoms with van der Waals surface area (Å²) in [5.74, 6) is -1.47. The Morgan fingerprint density at radius 3 is 1.97 bits per heavy atom. The lowest BCUT2D eigenvalue weighted by Crippen LogP contribution is -2.50. The maximum atomic E-state index is 12.4. The number of alkyl carbamates (subject to hydrolysis) is 2. The minimum absolute atomic E-state index is 0.0445. The topological polar surface area (TPSA) is 155 Å². The highest BCUT2D eigenvalue weighted by Crippen LogP contribution is 2.44. The van der Waals surface area contributed by atoms with Crippen LogP contribution in [0, 0.1) is 0 Å². The van der Waals surface area contributed by atoms with E-state index < -0.39 is 35.8 Å². The zero-order valence-corrected chi connectivity index (χ0v) is 22.4. The van der Waals surface area contributed by atoms with E-state index in [0.29, 0.717) is 25.9 Å². The molecule has 0 heterocycles. The number of aliphatic carboxylic acids is 1. The van der Waals surface area contributed by atoms with Gasteiger partial charge in [0.2, 0.25) is 0 Å². The van der Waals surface area contributed by atoms with Gasteiger partial charge in [-0.3, -0.25) is 0 Å². The molecule has 3 rings (SSSR count). The van der Waals surface area contributed by atoms with E-state index in [0.717, 1.165) is 22.3 Å². The van der Waals surface area contributed by atoms with Crippen molar-refractivity contribution in [3.63, 3.8) is 0 Å². The Morgan fingerprint density at radius 2 is 1.41 bits per heavy atom. The molecular weight excluding hydrogens is 504 g/mol. The summed E-state index contributed by atoms with van der Waals surface area (Å²) < 4.78 is 10.5. The zero-order valence-electron chi connectivity index (χ0n) is 22.4. The second-order valence-electron chi connectivity index (χ2n) is 10.1. The summed E-state index contributed by atoms with van der Waals surface area (Å²) in [5, 5.41) is 19.4. The number of carboxylic acids is 1. The molecule has 2 aromatic rings. The first-order chi connectivity index (χ1) is 18.5. The second-order valence-corrected chi connectivity index (χ2v) is 10.1. The van der Waals surface area contributed by atoms with Crippen molar-refractivity contribution in [1.29, 1.82) is 0 Å². The van der Waals surface area contributed by atoms with Crippen LogP contribution in [-0.2, 0) is 14.3 Å². The SMILES string of the molecule is CC(C)(C)OC(=O)NCCCCNC(=O)NCC(NC(=O)OCC1c2ccccc2-c2ccccc21)C(=O)O. The third-order valence-electron chi connectivity index (χ3n) is 5.96. The van der Waals surface area contributed by atoms with Crippen molar-refractivity contribution >= 4 is 24.2 Å². The average molecular weight is 541 g/mol. The number of ether oxygens (including phenoxy) is 2. The molecule has 11 heteroatoms. The van der Waals surface area contributed by atoms with Crippen molar-refractivity contribution in [2.45, 2.75) is 51.2 Å². The van der Waals surface area contributed by atoms with E-state index in [-0.39, 0.29) is 19.1 Å². The summed E-state index contributed by atoms with van der Waals surface area (Å²) in [5.41, 5.74) is 3.68. The molecule has 0 aromatic heterocycles. The van der Waals surface area contributed by atoms with Crippen LogP contribution >= 0.6 is 0 Å². The number of hydrogen-bond donors (Lipinski definition) is 5. The van der Waals surface area contributed by atoms with Gasteiger partial charge in [0.25, 0.3) is 0 Å². The Morgan fingerprint density at radius 1 is 0.846 bits per heavy atom. The van der Waals surface area contributed by atoms with E-state index >= 15 is 0 Å². The first-order valence-electron chi connectivity index (χ1n) is 12.9. The molecule has 0 bridgehead atoms. The van der Waals surface area contributed by atoms with Gasteiger partial charge >= 0.3 is 24.2 Å². The molecule has 5 N–H and O–H groups in total. The number of carboxylic acid groups (broad SMARTS) is 1. The molecule has 0 saturated carbocycles. The Balaban J connectivity index is 1.37. The molecule has 11 nitrogen and oxygen atoms in total. The van der Waals surface area contributed by atoms with E-state index in [1.165, 1.54) is 0 Å². The summed E-state index contributed by atoms with van der Waals surface area (Å²) in [6.45, 7) is 5.75. The summed E-state index contributed by atoms with van der Waals surface area (Å²) in [7, 11) is 0. The molecule has 1 aliphatic rings. The van der Waals surface area contributed by atoms with E-state index in [1.807, 2.05) is 48.5 Å².